The molecule has 0 saturated carbocycles. The summed E-state index contributed by atoms with van der Waals surface area (Å²) < 4.78 is 5.80. The summed E-state index contributed by atoms with van der Waals surface area (Å²) >= 11 is 0. The largest absolute Gasteiger partial charge is 0.492 e. The molecule has 0 radical (unpaired) electrons. The summed E-state index contributed by atoms with van der Waals surface area (Å²) in [6.07, 6.45) is 5.85. The maximum atomic E-state index is 12.4. The zero-order valence-corrected chi connectivity index (χ0v) is 16.8. The molecule has 4 rings (SSSR count). The van der Waals surface area contributed by atoms with Crippen LogP contribution in [0.2, 0.25) is 0 Å². The maximum absolute atomic E-state index is 12.4. The van der Waals surface area contributed by atoms with E-state index < -0.39 is 0 Å². The smallest absolute Gasteiger partial charge is 0.272 e. The number of nitrogens with one attached hydrogen (secondary N) is 2. The van der Waals surface area contributed by atoms with E-state index in [1.54, 1.807) is 12.2 Å². The predicted octanol–water partition coefficient (Wildman–Crippen LogP) is 1.20. The Hall–Kier alpha value is -3.38. The molecular formula is C24H25N3O3. The Morgan fingerprint density at radius 3 is 1.97 bits per heavy atom. The molecule has 0 unspecified atom stereocenters. The van der Waals surface area contributed by atoms with E-state index in [0.29, 0.717) is 6.61 Å². The van der Waals surface area contributed by atoms with Gasteiger partial charge in [0, 0.05) is 6.54 Å². The van der Waals surface area contributed by atoms with Crippen LogP contribution in [0, 0.1) is 0 Å². The lowest BCUT2D eigenvalue weighted by Gasteiger charge is -2.14. The maximum Gasteiger partial charge on any atom is 0.272 e. The van der Waals surface area contributed by atoms with Crippen molar-refractivity contribution in [3.8, 4) is 5.75 Å². The molecule has 0 amide bonds. The summed E-state index contributed by atoms with van der Waals surface area (Å²) in [5.41, 5.74) is 0.966. The van der Waals surface area contributed by atoms with Crippen molar-refractivity contribution in [2.24, 2.45) is 0 Å². The van der Waals surface area contributed by atoms with Crippen LogP contribution in [-0.4, -0.2) is 41.1 Å². The van der Waals surface area contributed by atoms with Gasteiger partial charge in [-0.3, -0.25) is 14.5 Å². The van der Waals surface area contributed by atoms with E-state index in [2.05, 4.69) is 14.9 Å². The molecular weight excluding hydrogens is 378 g/mol. The van der Waals surface area contributed by atoms with Gasteiger partial charge in [0.1, 0.15) is 23.1 Å². The van der Waals surface area contributed by atoms with Crippen molar-refractivity contribution in [1.29, 1.82) is 0 Å². The Bertz CT molecular complexity index is 1210. The lowest BCUT2D eigenvalue weighted by atomic mass is 10.2. The summed E-state index contributed by atoms with van der Waals surface area (Å²) in [5.74, 6) is 0.793. The Kier molecular flexibility index (Phi) is 6.25. The van der Waals surface area contributed by atoms with Crippen LogP contribution < -0.4 is 26.6 Å². The molecule has 2 aromatic carbocycles. The first kappa shape index (κ1) is 19.9. The Morgan fingerprint density at radius 2 is 1.37 bits per heavy atom. The van der Waals surface area contributed by atoms with Gasteiger partial charge in [0.25, 0.3) is 11.1 Å². The number of likely N-dealkylation sites (tertiary alicyclic amines) is 1. The highest BCUT2D eigenvalue weighted by Gasteiger charge is 2.10. The van der Waals surface area contributed by atoms with E-state index in [-0.39, 0.29) is 21.8 Å². The molecule has 2 heterocycles. The van der Waals surface area contributed by atoms with Gasteiger partial charge in [-0.15, -0.1) is 0 Å². The molecule has 3 aromatic rings. The number of hydrogen-bond donors (Lipinski definition) is 2. The summed E-state index contributed by atoms with van der Waals surface area (Å²) in [6, 6.07) is 16.9. The van der Waals surface area contributed by atoms with E-state index in [1.165, 1.54) is 12.8 Å². The van der Waals surface area contributed by atoms with Crippen molar-refractivity contribution < 1.29 is 4.74 Å². The standard InChI is InChI=1S/C24H25N3O3/c28-23-21(16-18-6-2-1-3-7-18)25-24(29)22(26-23)17-19-8-10-20(11-9-19)30-15-14-27-12-4-5-13-27/h1-3,6-11,16-17H,4-5,12-15H2,(H,25,29)(H,26,28)/b21-16-,22-17-. The first-order valence-corrected chi connectivity index (χ1v) is 10.2. The fourth-order valence-electron chi connectivity index (χ4n) is 3.54. The number of hydrogen-bond acceptors (Lipinski definition) is 4. The molecule has 6 nitrogen and oxygen atoms in total. The van der Waals surface area contributed by atoms with Crippen LogP contribution in [-0.2, 0) is 0 Å². The van der Waals surface area contributed by atoms with Crippen LogP contribution in [0.5, 0.6) is 5.75 Å². The SMILES string of the molecule is O=c1[nH]/c(=C\c2ccc(OCCN3CCCC3)cc2)c(=O)[nH]/c1=C\c1ccccc1. The van der Waals surface area contributed by atoms with Gasteiger partial charge in [0.05, 0.1) is 0 Å². The molecule has 1 aliphatic rings. The van der Waals surface area contributed by atoms with Gasteiger partial charge in [-0.1, -0.05) is 42.5 Å². The third kappa shape index (κ3) is 5.15. The molecule has 0 atom stereocenters. The number of nitrogens with zero attached hydrogens (tertiary/aromatic N) is 1. The van der Waals surface area contributed by atoms with Crippen molar-refractivity contribution >= 4 is 12.2 Å². The topological polar surface area (TPSA) is 78.2 Å². The van der Waals surface area contributed by atoms with E-state index >= 15 is 0 Å². The molecule has 0 aliphatic carbocycles. The van der Waals surface area contributed by atoms with Gasteiger partial charge in [-0.2, -0.15) is 0 Å². The van der Waals surface area contributed by atoms with Crippen LogP contribution in [0.25, 0.3) is 12.2 Å². The van der Waals surface area contributed by atoms with E-state index in [9.17, 15) is 9.59 Å². The van der Waals surface area contributed by atoms with Crippen LogP contribution >= 0.6 is 0 Å². The summed E-state index contributed by atoms with van der Waals surface area (Å²) in [4.78, 5) is 32.5. The number of H-pyrrole nitrogens is 2. The lowest BCUT2D eigenvalue weighted by Crippen LogP contribution is -2.46. The average molecular weight is 403 g/mol. The number of rotatable bonds is 6. The van der Waals surface area contributed by atoms with Crippen molar-refractivity contribution in [1.82, 2.24) is 14.9 Å². The molecule has 2 N–H and O–H groups in total. The van der Waals surface area contributed by atoms with Crippen LogP contribution in [0.4, 0.5) is 0 Å². The molecule has 154 valence electrons. The molecule has 6 heteroatoms. The minimum absolute atomic E-state index is 0.216. The Morgan fingerprint density at radius 1 is 0.800 bits per heavy atom. The van der Waals surface area contributed by atoms with Crippen LogP contribution in [0.1, 0.15) is 24.0 Å². The summed E-state index contributed by atoms with van der Waals surface area (Å²) in [6.45, 7) is 3.92. The summed E-state index contributed by atoms with van der Waals surface area (Å²) in [5, 5.41) is 0.443. The highest BCUT2D eigenvalue weighted by molar-refractivity contribution is 5.50. The minimum Gasteiger partial charge on any atom is -0.492 e. The molecule has 0 spiro atoms. The highest BCUT2D eigenvalue weighted by Crippen LogP contribution is 2.13. The van der Waals surface area contributed by atoms with Crippen molar-refractivity contribution in [3.05, 3.63) is 97.1 Å². The zero-order chi connectivity index (χ0) is 20.8. The second-order valence-electron chi connectivity index (χ2n) is 7.40. The van der Waals surface area contributed by atoms with Gasteiger partial charge >= 0.3 is 0 Å². The van der Waals surface area contributed by atoms with E-state index in [0.717, 1.165) is 36.5 Å². The van der Waals surface area contributed by atoms with E-state index in [4.69, 9.17) is 4.74 Å². The third-order valence-electron chi connectivity index (χ3n) is 5.16. The zero-order valence-electron chi connectivity index (χ0n) is 16.8. The first-order valence-electron chi connectivity index (χ1n) is 10.2. The van der Waals surface area contributed by atoms with Gasteiger partial charge in [0.2, 0.25) is 0 Å². The molecule has 30 heavy (non-hydrogen) atoms. The average Bonchev–Trinajstić information content (AvgIpc) is 3.27. The summed E-state index contributed by atoms with van der Waals surface area (Å²) in [7, 11) is 0. The molecule has 1 aliphatic heterocycles. The van der Waals surface area contributed by atoms with Gasteiger partial charge in [-0.05, 0) is 61.3 Å². The number of aromatic nitrogens is 2. The fourth-order valence-corrected chi connectivity index (χ4v) is 3.54. The van der Waals surface area contributed by atoms with Gasteiger partial charge in [0.15, 0.2) is 0 Å². The van der Waals surface area contributed by atoms with Crippen molar-refractivity contribution in [2.45, 2.75) is 12.8 Å². The molecule has 0 bridgehead atoms. The van der Waals surface area contributed by atoms with Crippen LogP contribution in [0.3, 0.4) is 0 Å². The van der Waals surface area contributed by atoms with E-state index in [1.807, 2.05) is 54.6 Å². The Labute approximate surface area is 174 Å². The highest BCUT2D eigenvalue weighted by atomic mass is 16.5. The monoisotopic (exact) mass is 403 g/mol. The Balaban J connectivity index is 1.49. The predicted molar refractivity (Wildman–Crippen MR) is 118 cm³/mol. The minimum atomic E-state index is -0.345. The first-order chi connectivity index (χ1) is 14.7. The number of ether oxygens (including phenoxy) is 1. The van der Waals surface area contributed by atoms with Gasteiger partial charge < -0.3 is 14.7 Å². The second-order valence-corrected chi connectivity index (χ2v) is 7.40. The number of aromatic amines is 2. The normalized spacial score (nSPS) is 15.6. The second kappa shape index (κ2) is 9.41. The molecule has 1 aromatic heterocycles. The molecule has 1 fully saturated rings. The number of benzene rings is 2. The lowest BCUT2D eigenvalue weighted by molar-refractivity contribution is 0.238. The van der Waals surface area contributed by atoms with Gasteiger partial charge in [-0.25, -0.2) is 0 Å². The van der Waals surface area contributed by atoms with Crippen molar-refractivity contribution in [2.75, 3.05) is 26.2 Å². The van der Waals surface area contributed by atoms with Crippen LogP contribution in [0.15, 0.2) is 64.2 Å². The molecule has 1 saturated heterocycles. The quantitative estimate of drug-likeness (QED) is 0.648. The van der Waals surface area contributed by atoms with Crippen molar-refractivity contribution in [3.63, 3.8) is 0 Å². The third-order valence-corrected chi connectivity index (χ3v) is 5.16. The fraction of sp³-hybridized carbons (Fsp3) is 0.250.